The van der Waals surface area contributed by atoms with Gasteiger partial charge in [-0.2, -0.15) is 4.98 Å². The van der Waals surface area contributed by atoms with Crippen LogP contribution in [0, 0.1) is 10.1 Å². The molecule has 0 spiro atoms. The smallest absolute Gasteiger partial charge is 0.395 e. The van der Waals surface area contributed by atoms with Gasteiger partial charge < -0.3 is 14.5 Å². The average molecular weight is 291 g/mol. The quantitative estimate of drug-likeness (QED) is 0.510. The molecule has 2 rings (SSSR count). The van der Waals surface area contributed by atoms with Crippen LogP contribution in [0.25, 0.3) is 0 Å². The first-order valence-electron chi connectivity index (χ1n) is 5.61. The maximum absolute atomic E-state index is 11.4. The Morgan fingerprint density at radius 2 is 2.00 bits per heavy atom. The Labute approximate surface area is 117 Å². The minimum atomic E-state index is -0.920. The molecule has 0 aliphatic rings. The highest BCUT2D eigenvalue weighted by molar-refractivity contribution is 5.89. The Morgan fingerprint density at radius 3 is 2.57 bits per heavy atom. The van der Waals surface area contributed by atoms with Crippen LogP contribution >= 0.6 is 0 Å². The van der Waals surface area contributed by atoms with E-state index in [2.05, 4.69) is 14.7 Å². The molecule has 1 aromatic heterocycles. The van der Waals surface area contributed by atoms with Crippen LogP contribution in [0.1, 0.15) is 10.4 Å². The lowest BCUT2D eigenvalue weighted by molar-refractivity contribution is -0.387. The third-order valence-corrected chi connectivity index (χ3v) is 2.47. The number of carbonyl (C=O) groups is 1. The predicted molar refractivity (Wildman–Crippen MR) is 69.4 cm³/mol. The molecule has 0 saturated heterocycles. The van der Waals surface area contributed by atoms with Gasteiger partial charge in [0.1, 0.15) is 5.75 Å². The van der Waals surface area contributed by atoms with Crippen molar-refractivity contribution in [3.8, 4) is 11.6 Å². The topological polar surface area (TPSA) is 124 Å². The fraction of sp³-hybridized carbons (Fsp3) is 0.0833. The van der Waals surface area contributed by atoms with Crippen molar-refractivity contribution >= 4 is 11.7 Å². The number of H-pyrrole nitrogens is 1. The number of rotatable bonds is 4. The van der Waals surface area contributed by atoms with Crippen LogP contribution in [-0.2, 0) is 4.74 Å². The highest BCUT2D eigenvalue weighted by Gasteiger charge is 2.22. The number of aromatic amines is 1. The van der Waals surface area contributed by atoms with Crippen LogP contribution in [-0.4, -0.2) is 28.0 Å². The number of nitrogens with zero attached hydrogens (tertiary/aromatic N) is 2. The zero-order chi connectivity index (χ0) is 15.4. The molecule has 0 fully saturated rings. The third kappa shape index (κ3) is 3.03. The summed E-state index contributed by atoms with van der Waals surface area (Å²) in [7, 11) is 1.25. The normalized spacial score (nSPS) is 9.95. The molecule has 2 aromatic rings. The molecule has 0 radical (unpaired) electrons. The summed E-state index contributed by atoms with van der Waals surface area (Å²) in [5, 5.41) is 10.8. The molecule has 0 amide bonds. The van der Waals surface area contributed by atoms with E-state index in [1.807, 2.05) is 0 Å². The molecule has 9 heteroatoms. The van der Waals surface area contributed by atoms with Gasteiger partial charge in [-0.3, -0.25) is 14.9 Å². The fourth-order valence-corrected chi connectivity index (χ4v) is 1.50. The minimum Gasteiger partial charge on any atom is -0.465 e. The highest BCUT2D eigenvalue weighted by Crippen LogP contribution is 2.25. The van der Waals surface area contributed by atoms with Gasteiger partial charge in [-0.15, -0.1) is 0 Å². The van der Waals surface area contributed by atoms with Crippen molar-refractivity contribution in [3.05, 3.63) is 56.6 Å². The third-order valence-electron chi connectivity index (χ3n) is 2.47. The minimum absolute atomic E-state index is 0.184. The summed E-state index contributed by atoms with van der Waals surface area (Å²) in [5.74, 6) is -0.778. The predicted octanol–water partition coefficient (Wildman–Crippen LogP) is 1.26. The van der Waals surface area contributed by atoms with Crippen LogP contribution in [0.3, 0.4) is 0 Å². The van der Waals surface area contributed by atoms with Gasteiger partial charge in [0.05, 0.1) is 23.9 Å². The van der Waals surface area contributed by atoms with E-state index in [1.54, 1.807) is 0 Å². The average Bonchev–Trinajstić information content (AvgIpc) is 2.47. The molecule has 0 atom stereocenters. The van der Waals surface area contributed by atoms with Gasteiger partial charge in [0, 0.05) is 0 Å². The molecule has 108 valence electrons. The highest BCUT2D eigenvalue weighted by atomic mass is 16.6. The monoisotopic (exact) mass is 291 g/mol. The van der Waals surface area contributed by atoms with Crippen LogP contribution in [0.5, 0.6) is 11.6 Å². The number of methoxy groups -OCH3 is 1. The van der Waals surface area contributed by atoms with Gasteiger partial charge in [-0.1, -0.05) is 0 Å². The summed E-state index contributed by atoms with van der Waals surface area (Å²) in [6.45, 7) is 0. The largest absolute Gasteiger partial charge is 0.465 e. The van der Waals surface area contributed by atoms with E-state index in [9.17, 15) is 19.7 Å². The summed E-state index contributed by atoms with van der Waals surface area (Å²) >= 11 is 0. The van der Waals surface area contributed by atoms with Crippen LogP contribution in [0.15, 0.2) is 35.4 Å². The van der Waals surface area contributed by atoms with E-state index >= 15 is 0 Å². The van der Waals surface area contributed by atoms with Gasteiger partial charge in [0.15, 0.2) is 0 Å². The van der Waals surface area contributed by atoms with E-state index in [1.165, 1.54) is 31.4 Å². The Hall–Kier alpha value is -3.23. The second-order valence-electron chi connectivity index (χ2n) is 3.76. The van der Waals surface area contributed by atoms with E-state index < -0.39 is 28.0 Å². The molecule has 0 aliphatic carbocycles. The van der Waals surface area contributed by atoms with Crippen molar-refractivity contribution < 1.29 is 19.2 Å². The Bertz CT molecular complexity index is 737. The molecule has 21 heavy (non-hydrogen) atoms. The van der Waals surface area contributed by atoms with Crippen molar-refractivity contribution in [1.29, 1.82) is 0 Å². The summed E-state index contributed by atoms with van der Waals surface area (Å²) < 4.78 is 9.73. The molecule has 0 saturated carbocycles. The first-order chi connectivity index (χ1) is 10.0. The number of esters is 1. The van der Waals surface area contributed by atoms with Crippen LogP contribution in [0.4, 0.5) is 5.69 Å². The number of ether oxygens (including phenoxy) is 2. The summed E-state index contributed by atoms with van der Waals surface area (Å²) in [6, 6.07) is 5.64. The maximum Gasteiger partial charge on any atom is 0.395 e. The number of hydrogen-bond acceptors (Lipinski definition) is 7. The Kier molecular flexibility index (Phi) is 3.93. The van der Waals surface area contributed by atoms with Gasteiger partial charge in [-0.25, -0.2) is 4.79 Å². The lowest BCUT2D eigenvalue weighted by Gasteiger charge is -2.05. The molecule has 0 bridgehead atoms. The molecule has 0 unspecified atom stereocenters. The van der Waals surface area contributed by atoms with Gasteiger partial charge in [0.25, 0.3) is 0 Å². The number of benzene rings is 1. The van der Waals surface area contributed by atoms with Crippen LogP contribution < -0.4 is 10.3 Å². The van der Waals surface area contributed by atoms with Crippen molar-refractivity contribution in [2.24, 2.45) is 0 Å². The second-order valence-corrected chi connectivity index (χ2v) is 3.76. The standard InChI is InChI=1S/C12H9N3O6/c1-20-12(17)7-2-4-8(5-3-7)21-11-9(15(18)19)10(16)13-6-14-11/h2-6H,1H3,(H,13,14,16). The zero-order valence-electron chi connectivity index (χ0n) is 10.7. The number of nitro groups is 1. The van der Waals surface area contributed by atoms with Crippen molar-refractivity contribution in [1.82, 2.24) is 9.97 Å². The SMILES string of the molecule is COC(=O)c1ccc(Oc2nc[nH]c(=O)c2[N+](=O)[O-])cc1. The fourth-order valence-electron chi connectivity index (χ4n) is 1.50. The molecule has 1 N–H and O–H groups in total. The number of hydrogen-bond donors (Lipinski definition) is 1. The van der Waals surface area contributed by atoms with E-state index in [0.717, 1.165) is 6.33 Å². The van der Waals surface area contributed by atoms with Gasteiger partial charge in [-0.05, 0) is 24.3 Å². The number of carbonyl (C=O) groups excluding carboxylic acids is 1. The van der Waals surface area contributed by atoms with Gasteiger partial charge >= 0.3 is 23.1 Å². The number of nitrogens with one attached hydrogen (secondary N) is 1. The van der Waals surface area contributed by atoms with Crippen LogP contribution in [0.2, 0.25) is 0 Å². The Morgan fingerprint density at radius 1 is 1.33 bits per heavy atom. The molecule has 1 aromatic carbocycles. The zero-order valence-corrected chi connectivity index (χ0v) is 10.7. The lowest BCUT2D eigenvalue weighted by Crippen LogP contribution is -2.13. The molecule has 0 aliphatic heterocycles. The van der Waals surface area contributed by atoms with Crippen molar-refractivity contribution in [2.75, 3.05) is 7.11 Å². The molecular formula is C12H9N3O6. The van der Waals surface area contributed by atoms with E-state index in [-0.39, 0.29) is 5.75 Å². The van der Waals surface area contributed by atoms with Crippen molar-refractivity contribution in [3.63, 3.8) is 0 Å². The summed E-state index contributed by atoms with van der Waals surface area (Å²) in [5.41, 5.74) is -1.43. The second kappa shape index (κ2) is 5.82. The molecule has 9 nitrogen and oxygen atoms in total. The van der Waals surface area contributed by atoms with E-state index in [4.69, 9.17) is 4.74 Å². The molecule has 1 heterocycles. The first kappa shape index (κ1) is 14.2. The maximum atomic E-state index is 11.4. The Balaban J connectivity index is 2.31. The van der Waals surface area contributed by atoms with E-state index in [0.29, 0.717) is 5.56 Å². The number of aromatic nitrogens is 2. The lowest BCUT2D eigenvalue weighted by atomic mass is 10.2. The molecular weight excluding hydrogens is 282 g/mol. The van der Waals surface area contributed by atoms with Crippen molar-refractivity contribution in [2.45, 2.75) is 0 Å². The van der Waals surface area contributed by atoms with Gasteiger partial charge in [0.2, 0.25) is 0 Å². The summed E-state index contributed by atoms with van der Waals surface area (Å²) in [4.78, 5) is 38.3. The summed E-state index contributed by atoms with van der Waals surface area (Å²) in [6.07, 6.45) is 0.994. The first-order valence-corrected chi connectivity index (χ1v) is 5.61.